The van der Waals surface area contributed by atoms with Crippen molar-refractivity contribution in [1.29, 1.82) is 0 Å². The van der Waals surface area contributed by atoms with Crippen LogP contribution in [0.15, 0.2) is 47.4 Å². The lowest BCUT2D eigenvalue weighted by atomic mass is 10.0. The average Bonchev–Trinajstić information content (AvgIpc) is 2.79. The largest absolute Gasteiger partial charge is 0.342 e. The first-order chi connectivity index (χ1) is 9.22. The van der Waals surface area contributed by atoms with Gasteiger partial charge in [0, 0.05) is 11.3 Å². The summed E-state index contributed by atoms with van der Waals surface area (Å²) in [6.07, 6.45) is 1.95. The second-order valence-corrected chi connectivity index (χ2v) is 5.33. The van der Waals surface area contributed by atoms with Crippen molar-refractivity contribution in [3.8, 4) is 0 Å². The number of benzene rings is 2. The Labute approximate surface area is 118 Å². The third kappa shape index (κ3) is 2.66. The summed E-state index contributed by atoms with van der Waals surface area (Å²) in [6.45, 7) is 2.15. The predicted molar refractivity (Wildman–Crippen MR) is 81.9 cm³/mol. The van der Waals surface area contributed by atoms with Crippen LogP contribution in [0.5, 0.6) is 0 Å². The Morgan fingerprint density at radius 3 is 2.79 bits per heavy atom. The normalized spacial score (nSPS) is 11.1. The molecule has 0 saturated carbocycles. The lowest BCUT2D eigenvalue weighted by molar-refractivity contribution is 0.884. The molecule has 3 aromatic rings. The number of H-pyrrole nitrogens is 1. The van der Waals surface area contributed by atoms with Crippen molar-refractivity contribution in [1.82, 2.24) is 9.97 Å². The van der Waals surface area contributed by atoms with Crippen molar-refractivity contribution in [2.45, 2.75) is 24.7 Å². The van der Waals surface area contributed by atoms with Crippen molar-refractivity contribution in [3.05, 3.63) is 59.4 Å². The molecule has 19 heavy (non-hydrogen) atoms. The first-order valence-electron chi connectivity index (χ1n) is 6.44. The van der Waals surface area contributed by atoms with E-state index < -0.39 is 0 Å². The van der Waals surface area contributed by atoms with Crippen molar-refractivity contribution in [3.63, 3.8) is 0 Å². The van der Waals surface area contributed by atoms with Gasteiger partial charge in [0.05, 0.1) is 11.0 Å². The van der Waals surface area contributed by atoms with E-state index in [-0.39, 0.29) is 0 Å². The molecule has 0 atom stereocenters. The summed E-state index contributed by atoms with van der Waals surface area (Å²) in [5, 5.41) is 0. The summed E-state index contributed by atoms with van der Waals surface area (Å²) < 4.78 is 0. The van der Waals surface area contributed by atoms with Crippen LogP contribution in [0.1, 0.15) is 17.0 Å². The Balaban J connectivity index is 1.80. The van der Waals surface area contributed by atoms with Gasteiger partial charge in [-0.15, -0.1) is 12.6 Å². The lowest BCUT2D eigenvalue weighted by Crippen LogP contribution is -1.95. The summed E-state index contributed by atoms with van der Waals surface area (Å²) in [4.78, 5) is 8.93. The van der Waals surface area contributed by atoms with E-state index in [9.17, 15) is 0 Å². The SMILES string of the molecule is Cc1ccccc1CCc1nc2ccc(S)cc2[nH]1. The maximum Gasteiger partial charge on any atom is 0.107 e. The molecule has 0 fully saturated rings. The number of hydrogen-bond acceptors (Lipinski definition) is 2. The highest BCUT2D eigenvalue weighted by atomic mass is 32.1. The van der Waals surface area contributed by atoms with Crippen molar-refractivity contribution < 1.29 is 0 Å². The number of nitrogens with zero attached hydrogens (tertiary/aromatic N) is 1. The molecular weight excluding hydrogens is 252 g/mol. The molecule has 0 saturated heterocycles. The van der Waals surface area contributed by atoms with E-state index >= 15 is 0 Å². The predicted octanol–water partition coefficient (Wildman–Crippen LogP) is 3.95. The Morgan fingerprint density at radius 2 is 1.95 bits per heavy atom. The number of aryl methyl sites for hydroxylation is 3. The molecule has 0 aliphatic heterocycles. The Bertz CT molecular complexity index is 716. The van der Waals surface area contributed by atoms with Gasteiger partial charge in [-0.1, -0.05) is 24.3 Å². The summed E-state index contributed by atoms with van der Waals surface area (Å²) in [7, 11) is 0. The number of hydrogen-bond donors (Lipinski definition) is 2. The minimum Gasteiger partial charge on any atom is -0.342 e. The number of imidazole rings is 1. The molecule has 3 heteroatoms. The zero-order valence-corrected chi connectivity index (χ0v) is 11.7. The molecule has 0 aliphatic rings. The van der Waals surface area contributed by atoms with Crippen LogP contribution in [-0.2, 0) is 12.8 Å². The summed E-state index contributed by atoms with van der Waals surface area (Å²) in [5.74, 6) is 1.04. The van der Waals surface area contributed by atoms with Crippen molar-refractivity contribution >= 4 is 23.7 Å². The zero-order valence-electron chi connectivity index (χ0n) is 10.9. The van der Waals surface area contributed by atoms with Gasteiger partial charge in [-0.05, 0) is 42.7 Å². The number of aromatic nitrogens is 2. The third-order valence-electron chi connectivity index (χ3n) is 3.41. The smallest absolute Gasteiger partial charge is 0.107 e. The van der Waals surface area contributed by atoms with Crippen LogP contribution in [0, 0.1) is 6.92 Å². The van der Waals surface area contributed by atoms with Crippen molar-refractivity contribution in [2.75, 3.05) is 0 Å². The molecule has 0 amide bonds. The Hall–Kier alpha value is -1.74. The van der Waals surface area contributed by atoms with E-state index in [1.54, 1.807) is 0 Å². The first kappa shape index (κ1) is 12.3. The van der Waals surface area contributed by atoms with Crippen LogP contribution < -0.4 is 0 Å². The first-order valence-corrected chi connectivity index (χ1v) is 6.89. The second kappa shape index (κ2) is 5.10. The van der Waals surface area contributed by atoms with E-state index in [4.69, 9.17) is 0 Å². The van der Waals surface area contributed by atoms with Gasteiger partial charge in [0.1, 0.15) is 5.82 Å². The fourth-order valence-corrected chi connectivity index (χ4v) is 2.52. The molecule has 1 N–H and O–H groups in total. The fraction of sp³-hybridized carbons (Fsp3) is 0.188. The summed E-state index contributed by atoms with van der Waals surface area (Å²) in [6, 6.07) is 14.5. The molecule has 2 aromatic carbocycles. The van der Waals surface area contributed by atoms with E-state index in [2.05, 4.69) is 53.8 Å². The van der Waals surface area contributed by atoms with E-state index in [1.165, 1.54) is 11.1 Å². The summed E-state index contributed by atoms with van der Waals surface area (Å²) in [5.41, 5.74) is 4.80. The molecule has 1 heterocycles. The molecular formula is C16H16N2S. The molecule has 96 valence electrons. The quantitative estimate of drug-likeness (QED) is 0.692. The maximum absolute atomic E-state index is 4.61. The highest BCUT2D eigenvalue weighted by molar-refractivity contribution is 7.80. The van der Waals surface area contributed by atoms with Gasteiger partial charge in [0.15, 0.2) is 0 Å². The second-order valence-electron chi connectivity index (χ2n) is 4.81. The van der Waals surface area contributed by atoms with Crippen LogP contribution >= 0.6 is 12.6 Å². The minimum atomic E-state index is 0.932. The number of fused-ring (bicyclic) bond motifs is 1. The standard InChI is InChI=1S/C16H16N2S/c1-11-4-2-3-5-12(11)6-9-16-17-14-8-7-13(19)10-15(14)18-16/h2-5,7-8,10,19H,6,9H2,1H3,(H,17,18). The average molecular weight is 268 g/mol. The third-order valence-corrected chi connectivity index (χ3v) is 3.69. The van der Waals surface area contributed by atoms with Gasteiger partial charge in [0.25, 0.3) is 0 Å². The maximum atomic E-state index is 4.61. The van der Waals surface area contributed by atoms with Crippen molar-refractivity contribution in [2.24, 2.45) is 0 Å². The van der Waals surface area contributed by atoms with Gasteiger partial charge in [-0.2, -0.15) is 0 Å². The molecule has 3 rings (SSSR count). The van der Waals surface area contributed by atoms with Crippen LogP contribution in [0.2, 0.25) is 0 Å². The molecule has 0 bridgehead atoms. The number of rotatable bonds is 3. The highest BCUT2D eigenvalue weighted by Gasteiger charge is 2.04. The number of nitrogens with one attached hydrogen (secondary N) is 1. The van der Waals surface area contributed by atoms with Crippen LogP contribution in [0.3, 0.4) is 0 Å². The fourth-order valence-electron chi connectivity index (χ4n) is 2.31. The van der Waals surface area contributed by atoms with Crippen LogP contribution in [0.25, 0.3) is 11.0 Å². The zero-order chi connectivity index (χ0) is 13.2. The highest BCUT2D eigenvalue weighted by Crippen LogP contribution is 2.17. The van der Waals surface area contributed by atoms with Gasteiger partial charge in [0.2, 0.25) is 0 Å². The lowest BCUT2D eigenvalue weighted by Gasteiger charge is -2.03. The Morgan fingerprint density at radius 1 is 1.11 bits per heavy atom. The summed E-state index contributed by atoms with van der Waals surface area (Å²) >= 11 is 4.34. The van der Waals surface area contributed by atoms with E-state index in [1.807, 2.05) is 18.2 Å². The van der Waals surface area contributed by atoms with Gasteiger partial charge >= 0.3 is 0 Å². The topological polar surface area (TPSA) is 28.7 Å². The molecule has 1 aromatic heterocycles. The number of thiol groups is 1. The van der Waals surface area contributed by atoms with Gasteiger partial charge < -0.3 is 4.98 Å². The Kier molecular flexibility index (Phi) is 3.30. The minimum absolute atomic E-state index is 0.932. The molecule has 0 unspecified atom stereocenters. The van der Waals surface area contributed by atoms with Gasteiger partial charge in [-0.25, -0.2) is 4.98 Å². The van der Waals surface area contributed by atoms with Gasteiger partial charge in [-0.3, -0.25) is 0 Å². The van der Waals surface area contributed by atoms with Crippen LogP contribution in [-0.4, -0.2) is 9.97 Å². The van der Waals surface area contributed by atoms with Crippen LogP contribution in [0.4, 0.5) is 0 Å². The van der Waals surface area contributed by atoms with E-state index in [0.717, 1.165) is 34.6 Å². The molecule has 2 nitrogen and oxygen atoms in total. The molecule has 0 aliphatic carbocycles. The monoisotopic (exact) mass is 268 g/mol. The number of aromatic amines is 1. The molecule has 0 radical (unpaired) electrons. The molecule has 0 spiro atoms. The van der Waals surface area contributed by atoms with E-state index in [0.29, 0.717) is 0 Å².